The summed E-state index contributed by atoms with van der Waals surface area (Å²) in [5.41, 5.74) is 0.896. The molecule has 1 aromatic heterocycles. The second kappa shape index (κ2) is 7.25. The van der Waals surface area contributed by atoms with Gasteiger partial charge in [0.2, 0.25) is 5.91 Å². The zero-order valence-electron chi connectivity index (χ0n) is 13.8. The van der Waals surface area contributed by atoms with E-state index in [1.807, 2.05) is 29.2 Å². The molecule has 1 atom stereocenters. The first kappa shape index (κ1) is 17.4. The average molecular weight is 361 g/mol. The lowest BCUT2D eigenvalue weighted by Gasteiger charge is -2.22. The van der Waals surface area contributed by atoms with Gasteiger partial charge in [0.25, 0.3) is 0 Å². The molecule has 3 aromatic rings. The highest BCUT2D eigenvalue weighted by Crippen LogP contribution is 2.23. The smallest absolute Gasteiger partial charge is 0.241 e. The number of nitrogens with one attached hydrogen (secondary N) is 1. The maximum atomic E-state index is 13.7. The van der Waals surface area contributed by atoms with Crippen molar-refractivity contribution in [1.82, 2.24) is 9.88 Å². The van der Waals surface area contributed by atoms with Gasteiger partial charge in [0, 0.05) is 6.07 Å². The Bertz CT molecular complexity index is 879. The number of amides is 1. The highest BCUT2D eigenvalue weighted by Gasteiger charge is 2.20. The molecule has 1 heterocycles. The van der Waals surface area contributed by atoms with Gasteiger partial charge in [-0.3, -0.25) is 9.69 Å². The molecular formula is C18H17F2N3OS. The normalized spacial score (nSPS) is 12.5. The Labute approximate surface area is 148 Å². The molecular weight excluding hydrogens is 344 g/mol. The Morgan fingerprint density at radius 3 is 2.76 bits per heavy atom. The third-order valence-corrected chi connectivity index (χ3v) is 4.97. The molecule has 0 aliphatic carbocycles. The molecule has 2 aromatic carbocycles. The summed E-state index contributed by atoms with van der Waals surface area (Å²) in [5.74, 6) is -1.85. The van der Waals surface area contributed by atoms with E-state index in [1.165, 1.54) is 6.07 Å². The van der Waals surface area contributed by atoms with Gasteiger partial charge in [-0.2, -0.15) is 0 Å². The molecule has 130 valence electrons. The summed E-state index contributed by atoms with van der Waals surface area (Å²) >= 11 is 1.58. The summed E-state index contributed by atoms with van der Waals surface area (Å²) in [6.07, 6.45) is 0. The fraction of sp³-hybridized carbons (Fsp3) is 0.222. The van der Waals surface area contributed by atoms with Crippen molar-refractivity contribution in [1.29, 1.82) is 0 Å². The van der Waals surface area contributed by atoms with Crippen LogP contribution >= 0.6 is 11.3 Å². The molecule has 7 heteroatoms. The number of rotatable bonds is 5. The Balaban J connectivity index is 1.66. The number of para-hydroxylation sites is 1. The highest BCUT2D eigenvalue weighted by molar-refractivity contribution is 7.18. The molecule has 0 fully saturated rings. The van der Waals surface area contributed by atoms with Crippen LogP contribution in [0.2, 0.25) is 0 Å². The van der Waals surface area contributed by atoms with Crippen molar-refractivity contribution < 1.29 is 13.6 Å². The monoisotopic (exact) mass is 361 g/mol. The third kappa shape index (κ3) is 4.00. The second-order valence-corrected chi connectivity index (χ2v) is 6.90. The second-order valence-electron chi connectivity index (χ2n) is 5.78. The molecule has 1 amide bonds. The number of aromatic nitrogens is 1. The first-order valence-electron chi connectivity index (χ1n) is 7.74. The van der Waals surface area contributed by atoms with Crippen molar-refractivity contribution in [3.63, 3.8) is 0 Å². The molecule has 0 spiro atoms. The van der Waals surface area contributed by atoms with Crippen molar-refractivity contribution in [2.75, 3.05) is 12.4 Å². The van der Waals surface area contributed by atoms with Crippen LogP contribution in [0.25, 0.3) is 10.2 Å². The molecule has 0 aliphatic rings. The Morgan fingerprint density at radius 1 is 1.28 bits per heavy atom. The van der Waals surface area contributed by atoms with E-state index in [1.54, 1.807) is 25.3 Å². The summed E-state index contributed by atoms with van der Waals surface area (Å²) in [6, 6.07) is 10.4. The van der Waals surface area contributed by atoms with Gasteiger partial charge >= 0.3 is 0 Å². The number of likely N-dealkylation sites (N-methyl/N-ethyl adjacent to an activating group) is 1. The molecule has 0 radical (unpaired) electrons. The number of benzene rings is 2. The lowest BCUT2D eigenvalue weighted by molar-refractivity contribution is -0.120. The van der Waals surface area contributed by atoms with E-state index >= 15 is 0 Å². The lowest BCUT2D eigenvalue weighted by atomic mass is 10.2. The molecule has 4 nitrogen and oxygen atoms in total. The van der Waals surface area contributed by atoms with Crippen molar-refractivity contribution in [3.05, 3.63) is 59.1 Å². The number of carbonyl (C=O) groups excluding carboxylic acids is 1. The summed E-state index contributed by atoms with van der Waals surface area (Å²) < 4.78 is 27.7. The molecule has 0 unspecified atom stereocenters. The summed E-state index contributed by atoms with van der Waals surface area (Å²) in [5, 5.41) is 3.39. The maximum Gasteiger partial charge on any atom is 0.241 e. The zero-order valence-corrected chi connectivity index (χ0v) is 14.6. The van der Waals surface area contributed by atoms with Gasteiger partial charge in [-0.1, -0.05) is 12.1 Å². The first-order chi connectivity index (χ1) is 11.9. The average Bonchev–Trinajstić information content (AvgIpc) is 2.98. The van der Waals surface area contributed by atoms with Crippen molar-refractivity contribution in [3.8, 4) is 0 Å². The van der Waals surface area contributed by atoms with Crippen molar-refractivity contribution in [2.24, 2.45) is 0 Å². The minimum absolute atomic E-state index is 0.0355. The van der Waals surface area contributed by atoms with Crippen molar-refractivity contribution >= 4 is 33.1 Å². The minimum Gasteiger partial charge on any atom is -0.322 e. The topological polar surface area (TPSA) is 45.2 Å². The van der Waals surface area contributed by atoms with Crippen LogP contribution in [0.15, 0.2) is 42.5 Å². The van der Waals surface area contributed by atoms with E-state index in [2.05, 4.69) is 10.3 Å². The Hall–Kier alpha value is -2.38. The number of hydrogen-bond donors (Lipinski definition) is 1. The molecule has 25 heavy (non-hydrogen) atoms. The van der Waals surface area contributed by atoms with Crippen LogP contribution in [0.3, 0.4) is 0 Å². The van der Waals surface area contributed by atoms with E-state index < -0.39 is 17.7 Å². The highest BCUT2D eigenvalue weighted by atomic mass is 32.1. The van der Waals surface area contributed by atoms with Crippen LogP contribution in [0.5, 0.6) is 0 Å². The molecule has 0 aliphatic heterocycles. The summed E-state index contributed by atoms with van der Waals surface area (Å²) in [6.45, 7) is 2.23. The number of nitrogens with zero attached hydrogens (tertiary/aromatic N) is 2. The molecule has 1 N–H and O–H groups in total. The summed E-state index contributed by atoms with van der Waals surface area (Å²) in [7, 11) is 1.80. The van der Waals surface area contributed by atoms with Gasteiger partial charge in [0.1, 0.15) is 16.6 Å². The van der Waals surface area contributed by atoms with E-state index in [0.717, 1.165) is 27.4 Å². The van der Waals surface area contributed by atoms with Crippen LogP contribution in [0.1, 0.15) is 11.9 Å². The van der Waals surface area contributed by atoms with E-state index in [0.29, 0.717) is 6.54 Å². The van der Waals surface area contributed by atoms with Crippen LogP contribution in [-0.4, -0.2) is 28.9 Å². The molecule has 0 bridgehead atoms. The van der Waals surface area contributed by atoms with Gasteiger partial charge in [0.15, 0.2) is 0 Å². The maximum absolute atomic E-state index is 13.7. The van der Waals surface area contributed by atoms with E-state index in [4.69, 9.17) is 0 Å². The van der Waals surface area contributed by atoms with Crippen LogP contribution in [0.4, 0.5) is 14.5 Å². The molecule has 0 saturated heterocycles. The van der Waals surface area contributed by atoms with Crippen LogP contribution < -0.4 is 5.32 Å². The number of carbonyl (C=O) groups is 1. The standard InChI is InChI=1S/C18H17F2N3OS/c1-11(18(24)22-14-8-7-12(19)9-13(14)20)23(2)10-17-21-15-5-3-4-6-16(15)25-17/h3-9,11H,10H2,1-2H3,(H,22,24)/t11-/m0/s1. The van der Waals surface area contributed by atoms with Crippen LogP contribution in [-0.2, 0) is 11.3 Å². The number of thiazole rings is 1. The SMILES string of the molecule is C[C@@H](C(=O)Nc1ccc(F)cc1F)N(C)Cc1nc2ccccc2s1. The van der Waals surface area contributed by atoms with Crippen molar-refractivity contribution in [2.45, 2.75) is 19.5 Å². The number of halogens is 2. The quantitative estimate of drug-likeness (QED) is 0.746. The first-order valence-corrected chi connectivity index (χ1v) is 8.56. The van der Waals surface area contributed by atoms with Crippen LogP contribution in [0, 0.1) is 11.6 Å². The van der Waals surface area contributed by atoms with E-state index in [-0.39, 0.29) is 11.6 Å². The predicted octanol–water partition coefficient (Wildman–Crippen LogP) is 4.03. The van der Waals surface area contributed by atoms with Gasteiger partial charge in [-0.15, -0.1) is 11.3 Å². The van der Waals surface area contributed by atoms with Gasteiger partial charge in [-0.05, 0) is 38.2 Å². The Kier molecular flexibility index (Phi) is 5.06. The molecule has 3 rings (SSSR count). The minimum atomic E-state index is -0.797. The fourth-order valence-corrected chi connectivity index (χ4v) is 3.40. The predicted molar refractivity (Wildman–Crippen MR) is 95.5 cm³/mol. The van der Waals surface area contributed by atoms with Gasteiger partial charge in [0.05, 0.1) is 28.5 Å². The van der Waals surface area contributed by atoms with Gasteiger partial charge < -0.3 is 5.32 Å². The number of hydrogen-bond acceptors (Lipinski definition) is 4. The number of anilines is 1. The van der Waals surface area contributed by atoms with Gasteiger partial charge in [-0.25, -0.2) is 13.8 Å². The third-order valence-electron chi connectivity index (χ3n) is 3.95. The number of fused-ring (bicyclic) bond motifs is 1. The molecule has 0 saturated carbocycles. The Morgan fingerprint density at radius 2 is 2.04 bits per heavy atom. The summed E-state index contributed by atoms with van der Waals surface area (Å²) in [4.78, 5) is 18.7. The lowest BCUT2D eigenvalue weighted by Crippen LogP contribution is -2.39. The fourth-order valence-electron chi connectivity index (χ4n) is 2.37. The largest absolute Gasteiger partial charge is 0.322 e. The zero-order chi connectivity index (χ0) is 18.0. The van der Waals surface area contributed by atoms with E-state index in [9.17, 15) is 13.6 Å².